The second-order valence-electron chi connectivity index (χ2n) is 4.83. The van der Waals surface area contributed by atoms with Crippen molar-refractivity contribution in [3.8, 4) is 0 Å². The van der Waals surface area contributed by atoms with Crippen molar-refractivity contribution in [3.63, 3.8) is 0 Å². The van der Waals surface area contributed by atoms with E-state index in [1.165, 1.54) is 23.5 Å². The van der Waals surface area contributed by atoms with E-state index < -0.39 is 6.10 Å². The number of fused-ring (bicyclic) bond motifs is 1. The van der Waals surface area contributed by atoms with Crippen molar-refractivity contribution in [3.05, 3.63) is 51.9 Å². The molecule has 3 nitrogen and oxygen atoms in total. The number of thiophene rings is 1. The van der Waals surface area contributed by atoms with Crippen molar-refractivity contribution < 1.29 is 9.50 Å². The van der Waals surface area contributed by atoms with Crippen LogP contribution in [0.1, 0.15) is 30.0 Å². The molecule has 0 saturated carbocycles. The lowest BCUT2D eigenvalue weighted by Gasteiger charge is -2.12. The molecule has 0 aliphatic heterocycles. The van der Waals surface area contributed by atoms with Gasteiger partial charge in [-0.2, -0.15) is 5.10 Å². The molecule has 2 aromatic heterocycles. The van der Waals surface area contributed by atoms with Gasteiger partial charge in [0.2, 0.25) is 0 Å². The Bertz CT molecular complexity index is 783. The number of rotatable bonds is 4. The van der Waals surface area contributed by atoms with Crippen LogP contribution in [0.15, 0.2) is 30.5 Å². The van der Waals surface area contributed by atoms with E-state index in [1.807, 2.05) is 13.0 Å². The van der Waals surface area contributed by atoms with Crippen LogP contribution in [0, 0.1) is 5.82 Å². The molecule has 0 spiro atoms. The molecule has 0 aliphatic rings. The van der Waals surface area contributed by atoms with Crippen molar-refractivity contribution >= 4 is 33.0 Å². The Hall–Kier alpha value is -1.43. The Labute approximate surface area is 130 Å². The lowest BCUT2D eigenvalue weighted by Crippen LogP contribution is -2.09. The molecule has 0 fully saturated rings. The van der Waals surface area contributed by atoms with Gasteiger partial charge in [0.05, 0.1) is 16.9 Å². The fourth-order valence-corrected chi connectivity index (χ4v) is 3.65. The maximum atomic E-state index is 13.3. The monoisotopic (exact) mass is 324 g/mol. The van der Waals surface area contributed by atoms with Gasteiger partial charge < -0.3 is 5.11 Å². The summed E-state index contributed by atoms with van der Waals surface area (Å²) in [6.07, 6.45) is 1.59. The van der Waals surface area contributed by atoms with Gasteiger partial charge in [0.25, 0.3) is 0 Å². The van der Waals surface area contributed by atoms with Crippen LogP contribution in [0.5, 0.6) is 0 Å². The third kappa shape index (κ3) is 2.69. The zero-order valence-corrected chi connectivity index (χ0v) is 13.0. The van der Waals surface area contributed by atoms with Crippen molar-refractivity contribution in [1.29, 1.82) is 0 Å². The highest BCUT2D eigenvalue weighted by molar-refractivity contribution is 7.19. The molecule has 0 saturated heterocycles. The lowest BCUT2D eigenvalue weighted by molar-refractivity contribution is 0.211. The van der Waals surface area contributed by atoms with Crippen LogP contribution in [0.3, 0.4) is 0 Å². The summed E-state index contributed by atoms with van der Waals surface area (Å²) in [6.45, 7) is 2.73. The molecular formula is C15H14ClFN2OS. The maximum absolute atomic E-state index is 13.3. The molecule has 1 N–H and O–H groups in total. The number of nitrogens with zero attached hydrogens (tertiary/aromatic N) is 2. The number of hydrogen-bond acceptors (Lipinski definition) is 3. The zero-order chi connectivity index (χ0) is 15.0. The van der Waals surface area contributed by atoms with Crippen LogP contribution in [-0.2, 0) is 6.54 Å². The van der Waals surface area contributed by atoms with Crippen LogP contribution < -0.4 is 0 Å². The standard InChI is InChI=1S/C15H14ClFN2OS/c1-2-5-19-14(11(16)8-18-19)15(20)13-6-9-3-4-10(17)7-12(9)21-13/h3-4,6-8,15,20H,2,5H2,1H3. The van der Waals surface area contributed by atoms with Crippen molar-refractivity contribution in [1.82, 2.24) is 9.78 Å². The highest BCUT2D eigenvalue weighted by Crippen LogP contribution is 2.35. The van der Waals surface area contributed by atoms with E-state index in [2.05, 4.69) is 5.10 Å². The Morgan fingerprint density at radius 3 is 3.00 bits per heavy atom. The SMILES string of the molecule is CCCn1ncc(Cl)c1C(O)c1cc2ccc(F)cc2s1. The topological polar surface area (TPSA) is 38.0 Å². The molecule has 0 aliphatic carbocycles. The molecule has 1 atom stereocenters. The maximum Gasteiger partial charge on any atom is 0.131 e. The van der Waals surface area contributed by atoms with E-state index in [-0.39, 0.29) is 5.82 Å². The minimum absolute atomic E-state index is 0.278. The summed E-state index contributed by atoms with van der Waals surface area (Å²) < 4.78 is 15.8. The van der Waals surface area contributed by atoms with Gasteiger partial charge in [-0.1, -0.05) is 24.6 Å². The normalized spacial score (nSPS) is 13.0. The van der Waals surface area contributed by atoms with E-state index in [1.54, 1.807) is 16.9 Å². The minimum atomic E-state index is -0.855. The van der Waals surface area contributed by atoms with Gasteiger partial charge in [-0.05, 0) is 30.0 Å². The molecule has 0 radical (unpaired) electrons. The van der Waals surface area contributed by atoms with Gasteiger partial charge in [-0.15, -0.1) is 11.3 Å². The molecule has 3 rings (SSSR count). The summed E-state index contributed by atoms with van der Waals surface area (Å²) in [5, 5.41) is 16.2. The Morgan fingerprint density at radius 1 is 1.43 bits per heavy atom. The number of aryl methyl sites for hydroxylation is 1. The Kier molecular flexibility index (Phi) is 3.97. The third-order valence-electron chi connectivity index (χ3n) is 3.30. The fraction of sp³-hybridized carbons (Fsp3) is 0.267. The van der Waals surface area contributed by atoms with E-state index >= 15 is 0 Å². The van der Waals surface area contributed by atoms with Gasteiger partial charge in [-0.3, -0.25) is 4.68 Å². The van der Waals surface area contributed by atoms with Crippen LogP contribution in [0.25, 0.3) is 10.1 Å². The van der Waals surface area contributed by atoms with Gasteiger partial charge in [0.15, 0.2) is 0 Å². The number of halogens is 2. The molecular weight excluding hydrogens is 311 g/mol. The predicted molar refractivity (Wildman–Crippen MR) is 83.4 cm³/mol. The molecule has 1 aromatic carbocycles. The first-order valence-electron chi connectivity index (χ1n) is 6.68. The highest BCUT2D eigenvalue weighted by Gasteiger charge is 2.21. The van der Waals surface area contributed by atoms with Gasteiger partial charge in [0, 0.05) is 16.1 Å². The summed E-state index contributed by atoms with van der Waals surface area (Å²) in [6, 6.07) is 6.47. The first kappa shape index (κ1) is 14.5. The number of hydrogen-bond donors (Lipinski definition) is 1. The quantitative estimate of drug-likeness (QED) is 0.773. The second kappa shape index (κ2) is 5.75. The molecule has 6 heteroatoms. The van der Waals surface area contributed by atoms with Crippen LogP contribution in [0.2, 0.25) is 5.02 Å². The number of benzene rings is 1. The van der Waals surface area contributed by atoms with Crippen molar-refractivity contribution in [2.24, 2.45) is 0 Å². The summed E-state index contributed by atoms with van der Waals surface area (Å²) in [7, 11) is 0. The molecule has 0 bridgehead atoms. The average molecular weight is 325 g/mol. The third-order valence-corrected chi connectivity index (χ3v) is 4.74. The summed E-state index contributed by atoms with van der Waals surface area (Å²) in [5.74, 6) is -0.278. The molecule has 21 heavy (non-hydrogen) atoms. The van der Waals surface area contributed by atoms with Crippen LogP contribution >= 0.6 is 22.9 Å². The van der Waals surface area contributed by atoms with Crippen LogP contribution in [-0.4, -0.2) is 14.9 Å². The molecule has 1 unspecified atom stereocenters. The first-order valence-corrected chi connectivity index (χ1v) is 7.88. The van der Waals surface area contributed by atoms with Gasteiger partial charge in [-0.25, -0.2) is 4.39 Å². The number of aromatic nitrogens is 2. The summed E-state index contributed by atoms with van der Waals surface area (Å²) in [5.41, 5.74) is 0.588. The zero-order valence-electron chi connectivity index (χ0n) is 11.4. The average Bonchev–Trinajstić information content (AvgIpc) is 3.02. The van der Waals surface area contributed by atoms with Crippen molar-refractivity contribution in [2.45, 2.75) is 26.0 Å². The highest BCUT2D eigenvalue weighted by atomic mass is 35.5. The van der Waals surface area contributed by atoms with E-state index in [9.17, 15) is 9.50 Å². The lowest BCUT2D eigenvalue weighted by atomic mass is 10.2. The molecule has 110 valence electrons. The summed E-state index contributed by atoms with van der Waals surface area (Å²) >= 11 is 7.51. The largest absolute Gasteiger partial charge is 0.381 e. The van der Waals surface area contributed by atoms with Crippen molar-refractivity contribution in [2.75, 3.05) is 0 Å². The van der Waals surface area contributed by atoms with E-state index in [0.717, 1.165) is 21.4 Å². The molecule has 3 aromatic rings. The van der Waals surface area contributed by atoms with E-state index in [0.29, 0.717) is 17.3 Å². The first-order chi connectivity index (χ1) is 10.1. The Balaban J connectivity index is 2.03. The number of aliphatic hydroxyl groups excluding tert-OH is 1. The smallest absolute Gasteiger partial charge is 0.131 e. The van der Waals surface area contributed by atoms with Gasteiger partial charge >= 0.3 is 0 Å². The predicted octanol–water partition coefficient (Wildman–Crippen LogP) is 4.38. The van der Waals surface area contributed by atoms with E-state index in [4.69, 9.17) is 11.6 Å². The minimum Gasteiger partial charge on any atom is -0.381 e. The molecule has 2 heterocycles. The Morgan fingerprint density at radius 2 is 2.24 bits per heavy atom. The fourth-order valence-electron chi connectivity index (χ4n) is 2.33. The second-order valence-corrected chi connectivity index (χ2v) is 6.36. The molecule has 0 amide bonds. The number of aliphatic hydroxyl groups is 1. The van der Waals surface area contributed by atoms with Crippen LogP contribution in [0.4, 0.5) is 4.39 Å². The summed E-state index contributed by atoms with van der Waals surface area (Å²) in [4.78, 5) is 0.732. The van der Waals surface area contributed by atoms with Gasteiger partial charge in [0.1, 0.15) is 11.9 Å².